The van der Waals surface area contributed by atoms with Gasteiger partial charge in [0.1, 0.15) is 0 Å². The van der Waals surface area contributed by atoms with E-state index in [-0.39, 0.29) is 0 Å². The molecule has 1 aromatic heterocycles. The lowest BCUT2D eigenvalue weighted by atomic mass is 9.88. The van der Waals surface area contributed by atoms with Gasteiger partial charge in [-0.2, -0.15) is 0 Å². The van der Waals surface area contributed by atoms with Crippen LogP contribution in [0, 0.1) is 12.8 Å². The van der Waals surface area contributed by atoms with Crippen molar-refractivity contribution in [2.24, 2.45) is 5.92 Å². The van der Waals surface area contributed by atoms with E-state index in [9.17, 15) is 0 Å². The molecular weight excluding hydrogens is 296 g/mol. The van der Waals surface area contributed by atoms with E-state index in [4.69, 9.17) is 0 Å². The Morgan fingerprint density at radius 2 is 2.35 bits per heavy atom. The van der Waals surface area contributed by atoms with Crippen molar-refractivity contribution in [1.29, 1.82) is 0 Å². The van der Waals surface area contributed by atoms with Crippen LogP contribution in [0.25, 0.3) is 0 Å². The molecule has 0 bridgehead atoms. The van der Waals surface area contributed by atoms with Crippen LogP contribution >= 0.6 is 27.3 Å². The van der Waals surface area contributed by atoms with Gasteiger partial charge in [-0.3, -0.25) is 4.90 Å². The maximum Gasteiger partial charge on any atom is 0.0479 e. The Balaban J connectivity index is 2.24. The van der Waals surface area contributed by atoms with Gasteiger partial charge in [0.05, 0.1) is 0 Å². The highest BCUT2D eigenvalue weighted by molar-refractivity contribution is 9.10. The molecule has 0 spiro atoms. The van der Waals surface area contributed by atoms with E-state index in [0.29, 0.717) is 6.04 Å². The maximum absolute atomic E-state index is 3.64. The molecule has 96 valence electrons. The van der Waals surface area contributed by atoms with Gasteiger partial charge < -0.3 is 5.32 Å². The zero-order valence-corrected chi connectivity index (χ0v) is 13.2. The molecule has 2 nitrogen and oxygen atoms in total. The summed E-state index contributed by atoms with van der Waals surface area (Å²) >= 11 is 5.58. The zero-order chi connectivity index (χ0) is 12.4. The minimum atomic E-state index is 0.589. The number of likely N-dealkylation sites (tertiary alicyclic amines) is 1. The molecule has 1 fully saturated rings. The molecule has 1 aromatic rings. The molecule has 0 amide bonds. The van der Waals surface area contributed by atoms with Gasteiger partial charge >= 0.3 is 0 Å². The fourth-order valence-electron chi connectivity index (χ4n) is 2.81. The monoisotopic (exact) mass is 316 g/mol. The minimum Gasteiger partial charge on any atom is -0.319 e. The first-order valence-corrected chi connectivity index (χ1v) is 7.85. The number of thiophene rings is 1. The molecule has 2 heterocycles. The largest absolute Gasteiger partial charge is 0.319 e. The third-order valence-electron chi connectivity index (χ3n) is 3.64. The van der Waals surface area contributed by atoms with Gasteiger partial charge in [0.2, 0.25) is 0 Å². The van der Waals surface area contributed by atoms with Crippen molar-refractivity contribution in [3.05, 3.63) is 20.3 Å². The van der Waals surface area contributed by atoms with Gasteiger partial charge in [-0.1, -0.05) is 0 Å². The van der Waals surface area contributed by atoms with E-state index in [1.807, 2.05) is 11.3 Å². The molecule has 2 atom stereocenters. The van der Waals surface area contributed by atoms with Crippen LogP contribution in [-0.2, 0) is 0 Å². The Labute approximate surface area is 117 Å². The lowest BCUT2D eigenvalue weighted by Crippen LogP contribution is -2.39. The summed E-state index contributed by atoms with van der Waals surface area (Å²) in [7, 11) is 4.32. The number of nitrogens with one attached hydrogen (secondary N) is 1. The number of piperidine rings is 1. The average Bonchev–Trinajstić information content (AvgIpc) is 2.59. The van der Waals surface area contributed by atoms with E-state index < -0.39 is 0 Å². The van der Waals surface area contributed by atoms with Gasteiger partial charge in [-0.05, 0) is 74.9 Å². The second-order valence-corrected chi connectivity index (χ2v) is 7.08. The number of rotatable bonds is 3. The highest BCUT2D eigenvalue weighted by Crippen LogP contribution is 2.40. The molecule has 1 saturated heterocycles. The lowest BCUT2D eigenvalue weighted by molar-refractivity contribution is 0.123. The number of hydrogen-bond donors (Lipinski definition) is 1. The maximum atomic E-state index is 3.64. The summed E-state index contributed by atoms with van der Waals surface area (Å²) in [6.45, 7) is 4.52. The predicted octanol–water partition coefficient (Wildman–Crippen LogP) is 3.42. The van der Waals surface area contributed by atoms with Gasteiger partial charge in [0, 0.05) is 20.3 Å². The van der Waals surface area contributed by atoms with E-state index in [0.717, 1.165) is 12.5 Å². The summed E-state index contributed by atoms with van der Waals surface area (Å²) in [6, 6.07) is 2.90. The van der Waals surface area contributed by atoms with E-state index in [1.54, 1.807) is 0 Å². The molecule has 4 heteroatoms. The quantitative estimate of drug-likeness (QED) is 0.919. The molecule has 2 unspecified atom stereocenters. The van der Waals surface area contributed by atoms with Crippen LogP contribution in [0.15, 0.2) is 10.5 Å². The van der Waals surface area contributed by atoms with Gasteiger partial charge in [-0.15, -0.1) is 11.3 Å². The number of aryl methyl sites for hydroxylation is 1. The lowest BCUT2D eigenvalue weighted by Gasteiger charge is -2.38. The number of nitrogens with zero attached hydrogens (tertiary/aromatic N) is 1. The normalized spacial score (nSPS) is 26.4. The van der Waals surface area contributed by atoms with Crippen molar-refractivity contribution in [1.82, 2.24) is 10.2 Å². The summed E-state index contributed by atoms with van der Waals surface area (Å²) in [4.78, 5) is 5.42. The Morgan fingerprint density at radius 3 is 2.94 bits per heavy atom. The molecule has 0 saturated carbocycles. The molecule has 1 aliphatic rings. The fourth-order valence-corrected chi connectivity index (χ4v) is 4.63. The Hall–Kier alpha value is 0.1000. The molecule has 0 aromatic carbocycles. The van der Waals surface area contributed by atoms with Crippen LogP contribution < -0.4 is 5.32 Å². The Bertz CT molecular complexity index is 356. The molecule has 1 N–H and O–H groups in total. The highest BCUT2D eigenvalue weighted by Gasteiger charge is 2.31. The summed E-state index contributed by atoms with van der Waals surface area (Å²) in [5.74, 6) is 0.740. The third-order valence-corrected chi connectivity index (χ3v) is 5.85. The molecular formula is C13H21BrN2S. The smallest absolute Gasteiger partial charge is 0.0479 e. The fraction of sp³-hybridized carbons (Fsp3) is 0.692. The second kappa shape index (κ2) is 5.83. The van der Waals surface area contributed by atoms with Crippen molar-refractivity contribution in [3.8, 4) is 0 Å². The topological polar surface area (TPSA) is 15.3 Å². The first-order chi connectivity index (χ1) is 8.13. The minimum absolute atomic E-state index is 0.589. The molecule has 1 aliphatic heterocycles. The highest BCUT2D eigenvalue weighted by atomic mass is 79.9. The predicted molar refractivity (Wildman–Crippen MR) is 78.8 cm³/mol. The van der Waals surface area contributed by atoms with E-state index in [2.05, 4.69) is 53.2 Å². The summed E-state index contributed by atoms with van der Waals surface area (Å²) in [5, 5.41) is 3.35. The average molecular weight is 317 g/mol. The standard InChI is InChI=1S/C13H21BrN2S/c1-9-11(14)7-12(17-9)13-10(8-15-2)5-4-6-16(13)3/h7,10,13,15H,4-6,8H2,1-3H3. The van der Waals surface area contributed by atoms with E-state index in [1.165, 1.54) is 33.6 Å². The first-order valence-electron chi connectivity index (χ1n) is 6.24. The van der Waals surface area contributed by atoms with Crippen LogP contribution in [0.4, 0.5) is 0 Å². The molecule has 17 heavy (non-hydrogen) atoms. The van der Waals surface area contributed by atoms with Crippen LogP contribution in [0.1, 0.15) is 28.6 Å². The van der Waals surface area contributed by atoms with Crippen LogP contribution in [0.5, 0.6) is 0 Å². The summed E-state index contributed by atoms with van der Waals surface area (Å²) in [5.41, 5.74) is 0. The van der Waals surface area contributed by atoms with Crippen molar-refractivity contribution in [2.45, 2.75) is 25.8 Å². The van der Waals surface area contributed by atoms with Crippen LogP contribution in [-0.4, -0.2) is 32.1 Å². The van der Waals surface area contributed by atoms with Gasteiger partial charge in [-0.25, -0.2) is 0 Å². The molecule has 0 radical (unpaired) electrons. The van der Waals surface area contributed by atoms with Crippen molar-refractivity contribution < 1.29 is 0 Å². The zero-order valence-electron chi connectivity index (χ0n) is 10.8. The molecule has 0 aliphatic carbocycles. The van der Waals surface area contributed by atoms with Crippen molar-refractivity contribution in [2.75, 3.05) is 27.2 Å². The van der Waals surface area contributed by atoms with Crippen molar-refractivity contribution in [3.63, 3.8) is 0 Å². The Kier molecular flexibility index (Phi) is 4.64. The second-order valence-electron chi connectivity index (χ2n) is 4.94. The van der Waals surface area contributed by atoms with Crippen LogP contribution in [0.3, 0.4) is 0 Å². The number of hydrogen-bond acceptors (Lipinski definition) is 3. The summed E-state index contributed by atoms with van der Waals surface area (Å²) in [6.07, 6.45) is 2.66. The number of halogens is 1. The SMILES string of the molecule is CNCC1CCCN(C)C1c1cc(Br)c(C)s1. The van der Waals surface area contributed by atoms with Gasteiger partial charge in [0.15, 0.2) is 0 Å². The van der Waals surface area contributed by atoms with E-state index >= 15 is 0 Å². The van der Waals surface area contributed by atoms with Crippen LogP contribution in [0.2, 0.25) is 0 Å². The first kappa shape index (κ1) is 13.5. The van der Waals surface area contributed by atoms with Crippen molar-refractivity contribution >= 4 is 27.3 Å². The summed E-state index contributed by atoms with van der Waals surface area (Å²) < 4.78 is 1.26. The third kappa shape index (κ3) is 2.92. The molecule has 2 rings (SSSR count). The van der Waals surface area contributed by atoms with Gasteiger partial charge in [0.25, 0.3) is 0 Å². The Morgan fingerprint density at radius 1 is 1.59 bits per heavy atom.